The largest absolute Gasteiger partial charge is 2.00 e. The second kappa shape index (κ2) is 9.93. The Labute approximate surface area is 136 Å². The van der Waals surface area contributed by atoms with Crippen LogP contribution in [0, 0.1) is 0 Å². The molecular formula is C19H18FeO. The topological polar surface area (TPSA) is 17.1 Å². The fourth-order valence-electron chi connectivity index (χ4n) is 1.93. The predicted molar refractivity (Wildman–Crippen MR) is 83.2 cm³/mol. The molecule has 0 heterocycles. The summed E-state index contributed by atoms with van der Waals surface area (Å²) < 4.78 is 0. The summed E-state index contributed by atoms with van der Waals surface area (Å²) in [6.07, 6.45) is 1.43. The van der Waals surface area contributed by atoms with Crippen molar-refractivity contribution in [1.82, 2.24) is 0 Å². The zero-order valence-corrected chi connectivity index (χ0v) is 12.9. The first-order valence-electron chi connectivity index (χ1n) is 6.82. The molecule has 3 rings (SSSR count). The summed E-state index contributed by atoms with van der Waals surface area (Å²) in [6, 6.07) is 27.6. The van der Waals surface area contributed by atoms with Gasteiger partial charge < -0.3 is 0 Å². The van der Waals surface area contributed by atoms with Gasteiger partial charge in [-0.05, 0) is 0 Å². The molecule has 0 spiro atoms. The van der Waals surface area contributed by atoms with E-state index in [9.17, 15) is 4.79 Å². The van der Waals surface area contributed by atoms with Crippen molar-refractivity contribution in [2.24, 2.45) is 0 Å². The summed E-state index contributed by atoms with van der Waals surface area (Å²) in [6.45, 7) is 0. The van der Waals surface area contributed by atoms with Crippen molar-refractivity contribution in [3.05, 3.63) is 96.1 Å². The normalized spacial score (nSPS) is 9.14. The molecule has 0 unspecified atom stereocenters. The summed E-state index contributed by atoms with van der Waals surface area (Å²) >= 11 is 0. The Morgan fingerprint density at radius 2 is 1.52 bits per heavy atom. The molecular weight excluding hydrogens is 300 g/mol. The van der Waals surface area contributed by atoms with Crippen molar-refractivity contribution in [3.8, 4) is 0 Å². The third-order valence-corrected chi connectivity index (χ3v) is 3.02. The van der Waals surface area contributed by atoms with E-state index in [-0.39, 0.29) is 22.9 Å². The standard InChI is InChI=1S/C14H13O.C5H5.Fe/c15-14(13-8-2-1-3-9-13)11-10-12-6-4-5-7-12;1-2-4-5-3-1;/h1-9H,10-11H2;1-5H;/q2*-1;+2. The number of benzene rings is 1. The first kappa shape index (κ1) is 17.2. The fraction of sp³-hybridized carbons (Fsp3) is 0.105. The minimum absolute atomic E-state index is 0. The Bertz CT molecular complexity index is 563. The van der Waals surface area contributed by atoms with Crippen molar-refractivity contribution in [3.63, 3.8) is 0 Å². The van der Waals surface area contributed by atoms with Crippen LogP contribution in [0.5, 0.6) is 0 Å². The number of aryl methyl sites for hydroxylation is 1. The van der Waals surface area contributed by atoms with Crippen LogP contribution >= 0.6 is 0 Å². The van der Waals surface area contributed by atoms with E-state index in [1.54, 1.807) is 0 Å². The van der Waals surface area contributed by atoms with E-state index >= 15 is 0 Å². The minimum Gasteiger partial charge on any atom is -0.294 e. The Morgan fingerprint density at radius 1 is 0.905 bits per heavy atom. The summed E-state index contributed by atoms with van der Waals surface area (Å²) in [5.41, 5.74) is 2.04. The monoisotopic (exact) mass is 318 g/mol. The number of hydrogen-bond acceptors (Lipinski definition) is 1. The van der Waals surface area contributed by atoms with Crippen LogP contribution in [0.25, 0.3) is 0 Å². The molecule has 0 bridgehead atoms. The molecule has 0 aliphatic rings. The first-order valence-corrected chi connectivity index (χ1v) is 6.82. The van der Waals surface area contributed by atoms with E-state index < -0.39 is 0 Å². The quantitative estimate of drug-likeness (QED) is 0.390. The van der Waals surface area contributed by atoms with Gasteiger partial charge in [-0.1, -0.05) is 36.8 Å². The molecule has 21 heavy (non-hydrogen) atoms. The van der Waals surface area contributed by atoms with Gasteiger partial charge in [0, 0.05) is 12.0 Å². The third-order valence-electron chi connectivity index (χ3n) is 3.02. The average molecular weight is 318 g/mol. The summed E-state index contributed by atoms with van der Waals surface area (Å²) in [5, 5.41) is 0. The molecule has 108 valence electrons. The van der Waals surface area contributed by atoms with Gasteiger partial charge >= 0.3 is 17.1 Å². The van der Waals surface area contributed by atoms with E-state index in [4.69, 9.17) is 0 Å². The Kier molecular flexibility index (Phi) is 8.11. The van der Waals surface area contributed by atoms with Crippen molar-refractivity contribution in [2.45, 2.75) is 12.8 Å². The maximum absolute atomic E-state index is 11.7. The number of ketones is 1. The Balaban J connectivity index is 0.000000313. The Morgan fingerprint density at radius 3 is 2.05 bits per heavy atom. The zero-order chi connectivity index (χ0) is 14.0. The van der Waals surface area contributed by atoms with Gasteiger partial charge in [0.2, 0.25) is 0 Å². The molecule has 0 amide bonds. The van der Waals surface area contributed by atoms with Crippen LogP contribution in [0.3, 0.4) is 0 Å². The fourth-order valence-corrected chi connectivity index (χ4v) is 1.93. The van der Waals surface area contributed by atoms with Crippen molar-refractivity contribution in [2.75, 3.05) is 0 Å². The molecule has 0 aliphatic heterocycles. The summed E-state index contributed by atoms with van der Waals surface area (Å²) in [4.78, 5) is 11.7. The first-order chi connectivity index (χ1) is 9.86. The third kappa shape index (κ3) is 6.39. The molecule has 0 aliphatic carbocycles. The van der Waals surface area contributed by atoms with Gasteiger partial charge in [-0.15, -0.1) is 0 Å². The maximum Gasteiger partial charge on any atom is 2.00 e. The molecule has 0 fully saturated rings. The van der Waals surface area contributed by atoms with Crippen LogP contribution < -0.4 is 0 Å². The van der Waals surface area contributed by atoms with Crippen LogP contribution in [0.15, 0.2) is 84.9 Å². The van der Waals surface area contributed by atoms with Crippen molar-refractivity contribution < 1.29 is 21.9 Å². The minimum atomic E-state index is 0. The van der Waals surface area contributed by atoms with E-state index in [1.807, 2.05) is 72.8 Å². The second-order valence-corrected chi connectivity index (χ2v) is 4.54. The zero-order valence-electron chi connectivity index (χ0n) is 11.8. The molecule has 3 aromatic carbocycles. The van der Waals surface area contributed by atoms with Gasteiger partial charge in [-0.2, -0.15) is 35.9 Å². The van der Waals surface area contributed by atoms with Gasteiger partial charge in [0.05, 0.1) is 0 Å². The maximum atomic E-state index is 11.7. The van der Waals surface area contributed by atoms with Gasteiger partial charge in [0.25, 0.3) is 0 Å². The van der Waals surface area contributed by atoms with E-state index in [0.717, 1.165) is 12.0 Å². The number of Topliss-reactive ketones (excluding diaryl/α,β-unsaturated/α-hetero) is 1. The van der Waals surface area contributed by atoms with Gasteiger partial charge in [0.15, 0.2) is 5.78 Å². The Hall–Kier alpha value is -1.89. The second-order valence-electron chi connectivity index (χ2n) is 4.54. The summed E-state index contributed by atoms with van der Waals surface area (Å²) in [5.74, 6) is 0.219. The molecule has 3 aromatic rings. The predicted octanol–water partition coefficient (Wildman–Crippen LogP) is 4.62. The molecule has 0 N–H and O–H groups in total. The number of hydrogen-bond donors (Lipinski definition) is 0. The SMILES string of the molecule is O=C(CC[c-]1cccc1)c1ccccc1.[Fe+2].c1cc[cH-]c1. The molecule has 0 saturated carbocycles. The smallest absolute Gasteiger partial charge is 0.294 e. The number of rotatable bonds is 4. The van der Waals surface area contributed by atoms with Crippen LogP contribution in [-0.4, -0.2) is 5.78 Å². The molecule has 0 aromatic heterocycles. The molecule has 0 radical (unpaired) electrons. The number of carbonyl (C=O) groups excluding carboxylic acids is 1. The van der Waals surface area contributed by atoms with Gasteiger partial charge in [-0.3, -0.25) is 4.79 Å². The molecule has 0 atom stereocenters. The van der Waals surface area contributed by atoms with Crippen LogP contribution in [0.1, 0.15) is 22.3 Å². The van der Waals surface area contributed by atoms with Gasteiger partial charge in [0.1, 0.15) is 0 Å². The molecule has 2 heteroatoms. The molecule has 0 saturated heterocycles. The van der Waals surface area contributed by atoms with Crippen LogP contribution in [-0.2, 0) is 23.5 Å². The van der Waals surface area contributed by atoms with Crippen LogP contribution in [0.4, 0.5) is 0 Å². The summed E-state index contributed by atoms with van der Waals surface area (Å²) in [7, 11) is 0. The van der Waals surface area contributed by atoms with Crippen LogP contribution in [0.2, 0.25) is 0 Å². The van der Waals surface area contributed by atoms with E-state index in [2.05, 4.69) is 12.1 Å². The van der Waals surface area contributed by atoms with Crippen molar-refractivity contribution >= 4 is 5.78 Å². The van der Waals surface area contributed by atoms with E-state index in [0.29, 0.717) is 6.42 Å². The van der Waals surface area contributed by atoms with Crippen molar-refractivity contribution in [1.29, 1.82) is 0 Å². The van der Waals surface area contributed by atoms with Gasteiger partial charge in [-0.25, -0.2) is 24.3 Å². The average Bonchev–Trinajstić information content (AvgIpc) is 3.21. The number of carbonyl (C=O) groups is 1. The molecule has 1 nitrogen and oxygen atoms in total. The van der Waals surface area contributed by atoms with E-state index in [1.165, 1.54) is 5.56 Å².